The molecular formula is C18H22N6O4. The normalized spacial score (nSPS) is 13.9. The third-order valence-corrected chi connectivity index (χ3v) is 4.50. The molecule has 148 valence electrons. The van der Waals surface area contributed by atoms with Gasteiger partial charge in [-0.25, -0.2) is 4.98 Å². The molecule has 0 bridgehead atoms. The van der Waals surface area contributed by atoms with E-state index >= 15 is 0 Å². The highest BCUT2D eigenvalue weighted by Gasteiger charge is 2.25. The second kappa shape index (κ2) is 8.51. The van der Waals surface area contributed by atoms with Gasteiger partial charge in [0.15, 0.2) is 0 Å². The van der Waals surface area contributed by atoms with E-state index in [1.807, 2.05) is 16.7 Å². The van der Waals surface area contributed by atoms with Crippen LogP contribution in [0.5, 0.6) is 5.88 Å². The summed E-state index contributed by atoms with van der Waals surface area (Å²) in [5.74, 6) is 0.399. The minimum atomic E-state index is -0.365. The number of nitrogens with zero attached hydrogens (tertiary/aromatic N) is 5. The molecule has 0 spiro atoms. The first kappa shape index (κ1) is 19.3. The second-order valence-electron chi connectivity index (χ2n) is 6.17. The van der Waals surface area contributed by atoms with Gasteiger partial charge in [0.2, 0.25) is 11.8 Å². The van der Waals surface area contributed by atoms with Gasteiger partial charge < -0.3 is 19.9 Å². The molecule has 2 heterocycles. The van der Waals surface area contributed by atoms with Crippen LogP contribution in [-0.2, 0) is 0 Å². The number of methoxy groups -OCH3 is 1. The van der Waals surface area contributed by atoms with Crippen molar-refractivity contribution in [3.05, 3.63) is 46.1 Å². The maximum absolute atomic E-state index is 12.1. The summed E-state index contributed by atoms with van der Waals surface area (Å²) in [5.41, 5.74) is 0.990. The van der Waals surface area contributed by atoms with Crippen LogP contribution in [0.25, 0.3) is 0 Å². The van der Waals surface area contributed by atoms with Crippen molar-refractivity contribution in [2.45, 2.75) is 6.92 Å². The number of piperazine rings is 1. The summed E-state index contributed by atoms with van der Waals surface area (Å²) in [7, 11) is 1.46. The van der Waals surface area contributed by atoms with Crippen molar-refractivity contribution in [3.8, 4) is 5.88 Å². The van der Waals surface area contributed by atoms with Crippen LogP contribution in [0.4, 0.5) is 17.3 Å². The zero-order valence-corrected chi connectivity index (χ0v) is 15.8. The van der Waals surface area contributed by atoms with Gasteiger partial charge in [-0.2, -0.15) is 4.98 Å². The highest BCUT2D eigenvalue weighted by Crippen LogP contribution is 2.29. The molecule has 0 unspecified atom stereocenters. The molecule has 3 rings (SSSR count). The molecular weight excluding hydrogens is 364 g/mol. The molecule has 10 nitrogen and oxygen atoms in total. The number of amides is 1. The average Bonchev–Trinajstić information content (AvgIpc) is 2.73. The van der Waals surface area contributed by atoms with Crippen LogP contribution in [0.1, 0.15) is 17.3 Å². The number of ether oxygens (including phenoxy) is 1. The van der Waals surface area contributed by atoms with Gasteiger partial charge in [-0.05, 0) is 13.0 Å². The topological polar surface area (TPSA) is 114 Å². The number of benzene rings is 1. The highest BCUT2D eigenvalue weighted by atomic mass is 16.6. The van der Waals surface area contributed by atoms with Crippen molar-refractivity contribution in [2.24, 2.45) is 0 Å². The summed E-state index contributed by atoms with van der Waals surface area (Å²) in [5, 5.41) is 14.0. The summed E-state index contributed by atoms with van der Waals surface area (Å²) < 4.78 is 5.25. The lowest BCUT2D eigenvalue weighted by Gasteiger charge is -2.35. The van der Waals surface area contributed by atoms with E-state index in [1.54, 1.807) is 18.2 Å². The van der Waals surface area contributed by atoms with Gasteiger partial charge in [0, 0.05) is 45.0 Å². The van der Waals surface area contributed by atoms with E-state index in [1.165, 1.54) is 19.4 Å². The molecule has 1 saturated heterocycles. The van der Waals surface area contributed by atoms with Crippen molar-refractivity contribution in [2.75, 3.05) is 49.6 Å². The fourth-order valence-corrected chi connectivity index (χ4v) is 3.11. The van der Waals surface area contributed by atoms with Gasteiger partial charge in [-0.3, -0.25) is 14.9 Å². The standard InChI is InChI=1S/C18H22N6O4/c1-3-19-16(25)13-12-20-18(21-17(13)28-2)23-10-8-22(9-11-23)14-6-4-5-7-15(14)24(26)27/h4-7,12H,3,8-11H2,1-2H3,(H,19,25). The number of nitro benzene ring substituents is 1. The molecule has 1 amide bonds. The number of hydrogen-bond acceptors (Lipinski definition) is 8. The molecule has 10 heteroatoms. The first-order valence-corrected chi connectivity index (χ1v) is 8.97. The molecule has 1 aliphatic rings. The van der Waals surface area contributed by atoms with Crippen molar-refractivity contribution in [1.29, 1.82) is 0 Å². The fourth-order valence-electron chi connectivity index (χ4n) is 3.11. The van der Waals surface area contributed by atoms with Crippen LogP contribution in [0.15, 0.2) is 30.5 Å². The second-order valence-corrected chi connectivity index (χ2v) is 6.17. The number of carbonyl (C=O) groups is 1. The Labute approximate surface area is 162 Å². The number of rotatable bonds is 6. The Morgan fingerprint density at radius 3 is 2.57 bits per heavy atom. The number of nitro groups is 1. The maximum Gasteiger partial charge on any atom is 0.292 e. The zero-order chi connectivity index (χ0) is 20.1. The molecule has 1 aromatic carbocycles. The number of aromatic nitrogens is 2. The van der Waals surface area contributed by atoms with E-state index in [0.29, 0.717) is 44.4 Å². The Bertz CT molecular complexity index is 867. The van der Waals surface area contributed by atoms with Crippen molar-refractivity contribution < 1.29 is 14.5 Å². The Hall–Kier alpha value is -3.43. The van der Waals surface area contributed by atoms with E-state index in [2.05, 4.69) is 15.3 Å². The highest BCUT2D eigenvalue weighted by molar-refractivity contribution is 5.96. The van der Waals surface area contributed by atoms with Crippen LogP contribution in [-0.4, -0.2) is 60.6 Å². The monoisotopic (exact) mass is 386 g/mol. The van der Waals surface area contributed by atoms with Crippen LogP contribution in [0, 0.1) is 10.1 Å². The third kappa shape index (κ3) is 3.95. The zero-order valence-electron chi connectivity index (χ0n) is 15.8. The number of hydrogen-bond donors (Lipinski definition) is 1. The molecule has 1 N–H and O–H groups in total. The number of para-hydroxylation sites is 2. The predicted molar refractivity (Wildman–Crippen MR) is 104 cm³/mol. The summed E-state index contributed by atoms with van der Waals surface area (Å²) in [6, 6.07) is 6.72. The molecule has 0 aliphatic carbocycles. The first-order valence-electron chi connectivity index (χ1n) is 8.97. The van der Waals surface area contributed by atoms with E-state index in [-0.39, 0.29) is 28.0 Å². The Morgan fingerprint density at radius 1 is 1.25 bits per heavy atom. The molecule has 1 aromatic heterocycles. The third-order valence-electron chi connectivity index (χ3n) is 4.50. The maximum atomic E-state index is 12.1. The lowest BCUT2D eigenvalue weighted by atomic mass is 10.2. The van der Waals surface area contributed by atoms with Gasteiger partial charge in [0.05, 0.1) is 12.0 Å². The van der Waals surface area contributed by atoms with Gasteiger partial charge in [-0.15, -0.1) is 0 Å². The van der Waals surface area contributed by atoms with Crippen molar-refractivity contribution in [3.63, 3.8) is 0 Å². The SMILES string of the molecule is CCNC(=O)c1cnc(N2CCN(c3ccccc3[N+](=O)[O-])CC2)nc1OC. The largest absolute Gasteiger partial charge is 0.480 e. The van der Waals surface area contributed by atoms with Crippen LogP contribution in [0.2, 0.25) is 0 Å². The summed E-state index contributed by atoms with van der Waals surface area (Å²) >= 11 is 0. The average molecular weight is 386 g/mol. The minimum absolute atomic E-state index is 0.0974. The molecule has 1 fully saturated rings. The fraction of sp³-hybridized carbons (Fsp3) is 0.389. The smallest absolute Gasteiger partial charge is 0.292 e. The minimum Gasteiger partial charge on any atom is -0.480 e. The predicted octanol–water partition coefficient (Wildman–Crippen LogP) is 1.47. The molecule has 1 aliphatic heterocycles. The van der Waals surface area contributed by atoms with Crippen molar-refractivity contribution >= 4 is 23.2 Å². The van der Waals surface area contributed by atoms with Crippen LogP contribution < -0.4 is 19.9 Å². The van der Waals surface area contributed by atoms with Crippen LogP contribution in [0.3, 0.4) is 0 Å². The molecule has 28 heavy (non-hydrogen) atoms. The molecule has 0 saturated carbocycles. The van der Waals surface area contributed by atoms with E-state index in [4.69, 9.17) is 4.74 Å². The van der Waals surface area contributed by atoms with Crippen molar-refractivity contribution in [1.82, 2.24) is 15.3 Å². The summed E-state index contributed by atoms with van der Waals surface area (Å²) in [6.07, 6.45) is 1.46. The van der Waals surface area contributed by atoms with Gasteiger partial charge >= 0.3 is 0 Å². The number of nitrogens with one attached hydrogen (secondary N) is 1. The number of anilines is 2. The van der Waals surface area contributed by atoms with Crippen LogP contribution >= 0.6 is 0 Å². The van der Waals surface area contributed by atoms with E-state index < -0.39 is 0 Å². The lowest BCUT2D eigenvalue weighted by molar-refractivity contribution is -0.384. The van der Waals surface area contributed by atoms with Gasteiger partial charge in [0.25, 0.3) is 11.6 Å². The quantitative estimate of drug-likeness (QED) is 0.586. The first-order chi connectivity index (χ1) is 13.5. The number of carbonyl (C=O) groups excluding carboxylic acids is 1. The molecule has 0 atom stereocenters. The summed E-state index contributed by atoms with van der Waals surface area (Å²) in [6.45, 7) is 4.70. The Morgan fingerprint density at radius 2 is 1.93 bits per heavy atom. The van der Waals surface area contributed by atoms with Gasteiger partial charge in [-0.1, -0.05) is 12.1 Å². The van der Waals surface area contributed by atoms with E-state index in [9.17, 15) is 14.9 Å². The molecule has 0 radical (unpaired) electrons. The summed E-state index contributed by atoms with van der Waals surface area (Å²) in [4.78, 5) is 35.6. The molecule has 2 aromatic rings. The Balaban J connectivity index is 1.73. The van der Waals surface area contributed by atoms with E-state index in [0.717, 1.165) is 0 Å². The van der Waals surface area contributed by atoms with Gasteiger partial charge in [0.1, 0.15) is 11.3 Å². The lowest BCUT2D eigenvalue weighted by Crippen LogP contribution is -2.47. The Kier molecular flexibility index (Phi) is 5.87.